The fraction of sp³-hybridized carbons (Fsp3) is 0.300. The quantitative estimate of drug-likeness (QED) is 0.651. The standard InChI is InChI=1S/C10H13NO/c11-8-10(12)7-6-9-4-2-1-3-5-9/h1-5,8,10-12H,6-7H2. The molecule has 0 bridgehead atoms. The summed E-state index contributed by atoms with van der Waals surface area (Å²) in [6.07, 6.45) is 1.94. The average molecular weight is 163 g/mol. The van der Waals surface area contributed by atoms with Crippen molar-refractivity contribution in [3.8, 4) is 0 Å². The Hall–Kier alpha value is -1.15. The van der Waals surface area contributed by atoms with E-state index in [1.807, 2.05) is 30.3 Å². The van der Waals surface area contributed by atoms with Crippen molar-refractivity contribution in [1.29, 1.82) is 5.41 Å². The van der Waals surface area contributed by atoms with Crippen LogP contribution in [0.2, 0.25) is 0 Å². The molecule has 0 aromatic heterocycles. The summed E-state index contributed by atoms with van der Waals surface area (Å²) in [6.45, 7) is 0. The molecule has 0 saturated carbocycles. The topological polar surface area (TPSA) is 44.1 Å². The average Bonchev–Trinajstić information content (AvgIpc) is 2.16. The summed E-state index contributed by atoms with van der Waals surface area (Å²) in [6, 6.07) is 9.97. The summed E-state index contributed by atoms with van der Waals surface area (Å²) in [4.78, 5) is 0. The predicted octanol–water partition coefficient (Wildman–Crippen LogP) is 1.63. The SMILES string of the molecule is N=CC(O)CCc1ccccc1. The molecular weight excluding hydrogens is 150 g/mol. The van der Waals surface area contributed by atoms with Crippen LogP contribution in [-0.4, -0.2) is 17.4 Å². The highest BCUT2D eigenvalue weighted by molar-refractivity contribution is 5.58. The normalized spacial score (nSPS) is 12.4. The summed E-state index contributed by atoms with van der Waals surface area (Å²) >= 11 is 0. The Morgan fingerprint density at radius 3 is 2.58 bits per heavy atom. The molecule has 64 valence electrons. The molecule has 0 aliphatic carbocycles. The van der Waals surface area contributed by atoms with Gasteiger partial charge in [0.25, 0.3) is 0 Å². The first-order valence-corrected chi connectivity index (χ1v) is 4.05. The van der Waals surface area contributed by atoms with Gasteiger partial charge in [-0.1, -0.05) is 30.3 Å². The largest absolute Gasteiger partial charge is 0.387 e. The smallest absolute Gasteiger partial charge is 0.0887 e. The molecule has 1 rings (SSSR count). The Kier molecular flexibility index (Phi) is 3.48. The van der Waals surface area contributed by atoms with Crippen molar-refractivity contribution in [3.63, 3.8) is 0 Å². The molecule has 0 amide bonds. The van der Waals surface area contributed by atoms with E-state index in [1.165, 1.54) is 5.56 Å². The minimum atomic E-state index is -0.592. The third-order valence-corrected chi connectivity index (χ3v) is 1.76. The molecular formula is C10H13NO. The first-order valence-electron chi connectivity index (χ1n) is 4.05. The molecule has 2 nitrogen and oxygen atoms in total. The second kappa shape index (κ2) is 4.67. The fourth-order valence-corrected chi connectivity index (χ4v) is 1.04. The first-order chi connectivity index (χ1) is 5.83. The van der Waals surface area contributed by atoms with E-state index in [1.54, 1.807) is 0 Å². The van der Waals surface area contributed by atoms with Gasteiger partial charge in [0.05, 0.1) is 6.10 Å². The first kappa shape index (κ1) is 8.94. The molecule has 0 saturated heterocycles. The van der Waals surface area contributed by atoms with Crippen molar-refractivity contribution in [2.75, 3.05) is 0 Å². The Morgan fingerprint density at radius 2 is 2.00 bits per heavy atom. The van der Waals surface area contributed by atoms with Gasteiger partial charge in [-0.3, -0.25) is 0 Å². The lowest BCUT2D eigenvalue weighted by Gasteiger charge is -2.03. The van der Waals surface area contributed by atoms with E-state index in [0.717, 1.165) is 12.6 Å². The van der Waals surface area contributed by atoms with Crippen LogP contribution >= 0.6 is 0 Å². The Bertz CT molecular complexity index is 233. The van der Waals surface area contributed by atoms with Crippen LogP contribution in [0.3, 0.4) is 0 Å². The van der Waals surface area contributed by atoms with Crippen LogP contribution in [-0.2, 0) is 6.42 Å². The Balaban J connectivity index is 2.38. The van der Waals surface area contributed by atoms with Crippen LogP contribution < -0.4 is 0 Å². The molecule has 0 aliphatic heterocycles. The number of aryl methyl sites for hydroxylation is 1. The zero-order chi connectivity index (χ0) is 8.81. The number of hydrogen-bond acceptors (Lipinski definition) is 2. The van der Waals surface area contributed by atoms with Gasteiger partial charge in [-0.25, -0.2) is 0 Å². The molecule has 1 unspecified atom stereocenters. The van der Waals surface area contributed by atoms with Gasteiger partial charge in [0.15, 0.2) is 0 Å². The predicted molar refractivity (Wildman–Crippen MR) is 49.6 cm³/mol. The van der Waals surface area contributed by atoms with Crippen molar-refractivity contribution in [2.24, 2.45) is 0 Å². The third-order valence-electron chi connectivity index (χ3n) is 1.76. The third kappa shape index (κ3) is 2.84. The van der Waals surface area contributed by atoms with E-state index in [4.69, 9.17) is 10.5 Å². The fourth-order valence-electron chi connectivity index (χ4n) is 1.04. The highest BCUT2D eigenvalue weighted by Crippen LogP contribution is 2.03. The van der Waals surface area contributed by atoms with Crippen molar-refractivity contribution in [2.45, 2.75) is 18.9 Å². The number of rotatable bonds is 4. The maximum atomic E-state index is 9.08. The van der Waals surface area contributed by atoms with Gasteiger partial charge in [0.1, 0.15) is 0 Å². The summed E-state index contributed by atoms with van der Waals surface area (Å²) in [5, 5.41) is 15.9. The van der Waals surface area contributed by atoms with Gasteiger partial charge in [-0.05, 0) is 18.4 Å². The zero-order valence-electron chi connectivity index (χ0n) is 6.90. The minimum absolute atomic E-state index is 0.592. The summed E-state index contributed by atoms with van der Waals surface area (Å²) < 4.78 is 0. The lowest BCUT2D eigenvalue weighted by Crippen LogP contribution is -2.08. The van der Waals surface area contributed by atoms with Crippen LogP contribution in [0.25, 0.3) is 0 Å². The number of benzene rings is 1. The maximum absolute atomic E-state index is 9.08. The van der Waals surface area contributed by atoms with E-state index < -0.39 is 6.10 Å². The van der Waals surface area contributed by atoms with Gasteiger partial charge in [0.2, 0.25) is 0 Å². The van der Waals surface area contributed by atoms with Gasteiger partial charge in [-0.2, -0.15) is 0 Å². The van der Waals surface area contributed by atoms with E-state index in [-0.39, 0.29) is 0 Å². The molecule has 0 heterocycles. The number of hydrogen-bond donors (Lipinski definition) is 2. The zero-order valence-corrected chi connectivity index (χ0v) is 6.90. The van der Waals surface area contributed by atoms with Crippen molar-refractivity contribution in [3.05, 3.63) is 35.9 Å². The Morgan fingerprint density at radius 1 is 1.33 bits per heavy atom. The number of aliphatic hydroxyl groups excluding tert-OH is 1. The van der Waals surface area contributed by atoms with Crippen LogP contribution in [0.15, 0.2) is 30.3 Å². The molecule has 0 fully saturated rings. The summed E-state index contributed by atoms with van der Waals surface area (Å²) in [7, 11) is 0. The lowest BCUT2D eigenvalue weighted by molar-refractivity contribution is 0.235. The summed E-state index contributed by atoms with van der Waals surface area (Å²) in [5.41, 5.74) is 1.21. The van der Waals surface area contributed by atoms with Gasteiger partial charge >= 0.3 is 0 Å². The van der Waals surface area contributed by atoms with Gasteiger partial charge < -0.3 is 10.5 Å². The van der Waals surface area contributed by atoms with Crippen LogP contribution in [0.4, 0.5) is 0 Å². The summed E-state index contributed by atoms with van der Waals surface area (Å²) in [5.74, 6) is 0. The highest BCUT2D eigenvalue weighted by Gasteiger charge is 1.98. The molecule has 12 heavy (non-hydrogen) atoms. The maximum Gasteiger partial charge on any atom is 0.0887 e. The second-order valence-corrected chi connectivity index (χ2v) is 2.76. The van der Waals surface area contributed by atoms with E-state index >= 15 is 0 Å². The molecule has 0 aliphatic rings. The second-order valence-electron chi connectivity index (χ2n) is 2.76. The van der Waals surface area contributed by atoms with E-state index in [2.05, 4.69) is 0 Å². The minimum Gasteiger partial charge on any atom is -0.387 e. The van der Waals surface area contributed by atoms with Crippen LogP contribution in [0, 0.1) is 5.41 Å². The van der Waals surface area contributed by atoms with E-state index in [0.29, 0.717) is 6.42 Å². The van der Waals surface area contributed by atoms with Crippen molar-refractivity contribution >= 4 is 6.21 Å². The molecule has 1 aromatic rings. The molecule has 2 N–H and O–H groups in total. The number of aliphatic hydroxyl groups is 1. The lowest BCUT2D eigenvalue weighted by atomic mass is 10.1. The van der Waals surface area contributed by atoms with Crippen LogP contribution in [0.1, 0.15) is 12.0 Å². The number of nitrogens with one attached hydrogen (secondary N) is 1. The molecule has 1 atom stereocenters. The molecule has 0 spiro atoms. The van der Waals surface area contributed by atoms with Gasteiger partial charge in [0, 0.05) is 6.21 Å². The molecule has 0 radical (unpaired) electrons. The monoisotopic (exact) mass is 163 g/mol. The molecule has 2 heteroatoms. The van der Waals surface area contributed by atoms with E-state index in [9.17, 15) is 0 Å². The van der Waals surface area contributed by atoms with Crippen molar-refractivity contribution in [1.82, 2.24) is 0 Å². The Labute approximate surface area is 72.4 Å². The highest BCUT2D eigenvalue weighted by atomic mass is 16.3. The van der Waals surface area contributed by atoms with Crippen molar-refractivity contribution < 1.29 is 5.11 Å². The molecule has 1 aromatic carbocycles. The van der Waals surface area contributed by atoms with Gasteiger partial charge in [-0.15, -0.1) is 0 Å². The van der Waals surface area contributed by atoms with Crippen LogP contribution in [0.5, 0.6) is 0 Å².